The molecular formula is C54H41NO11S2. The topological polar surface area (TPSA) is 179 Å². The largest absolute Gasteiger partial charge is 0.456 e. The Labute approximate surface area is 390 Å². The summed E-state index contributed by atoms with van der Waals surface area (Å²) in [5.74, 6) is 0.610. The highest BCUT2D eigenvalue weighted by molar-refractivity contribution is 7.86. The Morgan fingerprint density at radius 1 is 0.485 bits per heavy atom. The van der Waals surface area contributed by atoms with Crippen LogP contribution in [0.4, 0.5) is 0 Å². The van der Waals surface area contributed by atoms with Gasteiger partial charge >= 0.3 is 0 Å². The number of fused-ring (bicyclic) bond motifs is 2. The van der Waals surface area contributed by atoms with Gasteiger partial charge in [-0.25, -0.2) is 4.57 Å². The zero-order valence-electron chi connectivity index (χ0n) is 36.9. The second kappa shape index (κ2) is 16.6. The first-order valence-corrected chi connectivity index (χ1v) is 24.5. The standard InChI is InChI=1S/C54H41NO11S2/c1-30(2)36-17-12-18-37(31(3)4)51(36)55-53(56)41-28-46(64-43-19-10-8-15-38(43)32-13-6-5-7-14-32)49-39-16-9-11-20-44(39)66-52-47(29-42(54(55)57)48(41)50(49)52)65-45-26-25-35(68(61,62)63)27-40(45)33-21-23-34(24-22-33)67(58,59)60/h5-31H,1-4H3,(H,58,59,60)(H,61,62,63). The zero-order chi connectivity index (χ0) is 47.8. The molecule has 12 nitrogen and oxygen atoms in total. The van der Waals surface area contributed by atoms with Gasteiger partial charge in [-0.15, -0.1) is 0 Å². The molecule has 2 aromatic heterocycles. The van der Waals surface area contributed by atoms with E-state index in [0.29, 0.717) is 38.6 Å². The Hall–Kier alpha value is -7.62. The molecule has 2 heterocycles. The first-order valence-electron chi connectivity index (χ1n) is 21.7. The Kier molecular flexibility index (Phi) is 10.8. The first kappa shape index (κ1) is 44.2. The number of ether oxygens (including phenoxy) is 2. The number of benzene rings is 8. The monoisotopic (exact) mass is 943 g/mol. The van der Waals surface area contributed by atoms with Crippen LogP contribution in [0, 0.1) is 0 Å². The van der Waals surface area contributed by atoms with E-state index in [1.807, 2.05) is 113 Å². The van der Waals surface area contributed by atoms with E-state index >= 15 is 9.59 Å². The normalized spacial score (nSPS) is 12.3. The summed E-state index contributed by atoms with van der Waals surface area (Å²) < 4.78 is 90.6. The fourth-order valence-electron chi connectivity index (χ4n) is 9.04. The molecule has 10 rings (SSSR count). The van der Waals surface area contributed by atoms with Crippen molar-refractivity contribution in [3.05, 3.63) is 183 Å². The van der Waals surface area contributed by atoms with E-state index in [0.717, 1.165) is 46.5 Å². The molecule has 68 heavy (non-hydrogen) atoms. The predicted molar refractivity (Wildman–Crippen MR) is 263 cm³/mol. The number of pyridine rings is 1. The molecule has 0 aliphatic carbocycles. The van der Waals surface area contributed by atoms with Gasteiger partial charge in [0, 0.05) is 32.7 Å². The second-order valence-electron chi connectivity index (χ2n) is 17.1. The fraction of sp³-hybridized carbons (Fsp3) is 0.111. The average molecular weight is 944 g/mol. The maximum absolute atomic E-state index is 15.5. The molecule has 2 N–H and O–H groups in total. The lowest BCUT2D eigenvalue weighted by molar-refractivity contribution is 0.474. The fourth-order valence-corrected chi connectivity index (χ4v) is 10.0. The van der Waals surface area contributed by atoms with Crippen LogP contribution in [0.3, 0.4) is 0 Å². The highest BCUT2D eigenvalue weighted by atomic mass is 32.2. The van der Waals surface area contributed by atoms with Gasteiger partial charge < -0.3 is 13.9 Å². The van der Waals surface area contributed by atoms with Crippen molar-refractivity contribution < 1.29 is 39.8 Å². The van der Waals surface area contributed by atoms with E-state index in [9.17, 15) is 25.9 Å². The number of hydrogen-bond acceptors (Lipinski definition) is 9. The van der Waals surface area contributed by atoms with Crippen LogP contribution in [0.25, 0.3) is 71.4 Å². The Bertz CT molecular complexity index is 3980. The van der Waals surface area contributed by atoms with Crippen molar-refractivity contribution in [1.82, 2.24) is 4.57 Å². The molecule has 0 saturated heterocycles. The lowest BCUT2D eigenvalue weighted by Gasteiger charge is -2.23. The molecule has 0 aliphatic heterocycles. The van der Waals surface area contributed by atoms with E-state index in [2.05, 4.69) is 0 Å². The minimum absolute atomic E-state index is 0.00433. The molecule has 0 atom stereocenters. The maximum Gasteiger partial charge on any atom is 0.294 e. The average Bonchev–Trinajstić information content (AvgIpc) is 3.32. The van der Waals surface area contributed by atoms with Crippen LogP contribution in [0.2, 0.25) is 0 Å². The molecule has 0 radical (unpaired) electrons. The first-order chi connectivity index (χ1) is 32.5. The van der Waals surface area contributed by atoms with E-state index in [4.69, 9.17) is 13.9 Å². The Morgan fingerprint density at radius 2 is 1.03 bits per heavy atom. The van der Waals surface area contributed by atoms with Crippen LogP contribution in [0.1, 0.15) is 50.7 Å². The molecule has 0 saturated carbocycles. The lowest BCUT2D eigenvalue weighted by Crippen LogP contribution is -2.34. The van der Waals surface area contributed by atoms with Crippen molar-refractivity contribution >= 4 is 63.7 Å². The summed E-state index contributed by atoms with van der Waals surface area (Å²) in [5, 5.41) is 2.05. The third-order valence-electron chi connectivity index (χ3n) is 12.2. The van der Waals surface area contributed by atoms with Gasteiger partial charge in [-0.05, 0) is 88.7 Å². The summed E-state index contributed by atoms with van der Waals surface area (Å²) in [6.07, 6.45) is 0. The Morgan fingerprint density at radius 3 is 1.68 bits per heavy atom. The van der Waals surface area contributed by atoms with Crippen LogP contribution in [-0.2, 0) is 20.2 Å². The third kappa shape index (κ3) is 7.57. The van der Waals surface area contributed by atoms with Gasteiger partial charge in [0.05, 0.1) is 26.3 Å². The minimum atomic E-state index is -4.76. The summed E-state index contributed by atoms with van der Waals surface area (Å²) in [6.45, 7) is 8.00. The highest BCUT2D eigenvalue weighted by Gasteiger charge is 2.29. The van der Waals surface area contributed by atoms with Gasteiger partial charge in [0.2, 0.25) is 0 Å². The molecular weight excluding hydrogens is 903 g/mol. The van der Waals surface area contributed by atoms with E-state index in [1.54, 1.807) is 18.2 Å². The van der Waals surface area contributed by atoms with Crippen LogP contribution < -0.4 is 20.6 Å². The molecule has 0 bridgehead atoms. The SMILES string of the molecule is CC(C)c1cccc(C(C)C)c1-n1c(=O)c2cc(Oc3ccc(S(=O)(=O)O)cc3-c3ccc(S(=O)(=O)O)cc3)c3oc4ccccc4c4c(Oc5ccccc5-c5ccccc5)cc(c1=O)c2c34. The van der Waals surface area contributed by atoms with Crippen LogP contribution in [-0.4, -0.2) is 30.5 Å². The number of para-hydroxylation sites is 3. The summed E-state index contributed by atoms with van der Waals surface area (Å²) in [5.41, 5.74) is 3.40. The van der Waals surface area contributed by atoms with Crippen molar-refractivity contribution in [2.24, 2.45) is 0 Å². The van der Waals surface area contributed by atoms with Gasteiger partial charge in [0.25, 0.3) is 31.4 Å². The van der Waals surface area contributed by atoms with Gasteiger partial charge in [-0.3, -0.25) is 18.7 Å². The molecule has 10 aromatic rings. The summed E-state index contributed by atoms with van der Waals surface area (Å²) in [6, 6.07) is 42.0. The number of rotatable bonds is 11. The molecule has 340 valence electrons. The molecule has 8 aromatic carbocycles. The molecule has 0 fully saturated rings. The molecule has 14 heteroatoms. The molecule has 0 aliphatic rings. The Balaban J connectivity index is 1.34. The molecule has 0 spiro atoms. The maximum atomic E-state index is 15.5. The van der Waals surface area contributed by atoms with Crippen LogP contribution in [0.15, 0.2) is 175 Å². The van der Waals surface area contributed by atoms with E-state index in [1.165, 1.54) is 28.8 Å². The number of nitrogens with zero attached hydrogens (tertiary/aromatic N) is 1. The van der Waals surface area contributed by atoms with Gasteiger partial charge in [-0.1, -0.05) is 125 Å². The quantitative estimate of drug-likeness (QED) is 0.0716. The third-order valence-corrected chi connectivity index (χ3v) is 13.9. The summed E-state index contributed by atoms with van der Waals surface area (Å²) in [7, 11) is -9.35. The minimum Gasteiger partial charge on any atom is -0.456 e. The van der Waals surface area contributed by atoms with Crippen molar-refractivity contribution in [1.29, 1.82) is 0 Å². The molecule has 0 amide bonds. The lowest BCUT2D eigenvalue weighted by atomic mass is 9.91. The smallest absolute Gasteiger partial charge is 0.294 e. The summed E-state index contributed by atoms with van der Waals surface area (Å²) in [4.78, 5) is 30.1. The van der Waals surface area contributed by atoms with E-state index < -0.39 is 41.1 Å². The highest BCUT2D eigenvalue weighted by Crippen LogP contribution is 2.49. The second-order valence-corrected chi connectivity index (χ2v) is 20.0. The van der Waals surface area contributed by atoms with Crippen molar-refractivity contribution in [2.75, 3.05) is 0 Å². The number of hydrogen-bond donors (Lipinski definition) is 2. The van der Waals surface area contributed by atoms with Gasteiger partial charge in [-0.2, -0.15) is 16.8 Å². The van der Waals surface area contributed by atoms with Gasteiger partial charge in [0.15, 0.2) is 11.3 Å². The zero-order valence-corrected chi connectivity index (χ0v) is 38.6. The van der Waals surface area contributed by atoms with Crippen LogP contribution in [0.5, 0.6) is 23.0 Å². The van der Waals surface area contributed by atoms with Crippen molar-refractivity contribution in [2.45, 2.75) is 49.3 Å². The van der Waals surface area contributed by atoms with Gasteiger partial charge in [0.1, 0.15) is 22.8 Å². The predicted octanol–water partition coefficient (Wildman–Crippen LogP) is 12.5. The van der Waals surface area contributed by atoms with Crippen molar-refractivity contribution in [3.63, 3.8) is 0 Å². The van der Waals surface area contributed by atoms with Crippen LogP contribution >= 0.6 is 0 Å². The van der Waals surface area contributed by atoms with E-state index in [-0.39, 0.29) is 56.6 Å². The summed E-state index contributed by atoms with van der Waals surface area (Å²) >= 11 is 0. The number of aromatic nitrogens is 1. The van der Waals surface area contributed by atoms with Crippen molar-refractivity contribution in [3.8, 4) is 50.9 Å². The molecule has 0 unspecified atom stereocenters.